The summed E-state index contributed by atoms with van der Waals surface area (Å²) >= 11 is 0. The molecule has 4 N–H and O–H groups in total. The van der Waals surface area contributed by atoms with Crippen molar-refractivity contribution in [1.29, 1.82) is 0 Å². The zero-order valence-corrected chi connectivity index (χ0v) is 72.8. The van der Waals surface area contributed by atoms with E-state index in [2.05, 4.69) is 191 Å². The molecule has 0 saturated carbocycles. The minimum absolute atomic E-state index is 0.0679. The Morgan fingerprint density at radius 1 is 0.257 bits per heavy atom. The number of ether oxygens (including phenoxy) is 3. The van der Waals surface area contributed by atoms with Gasteiger partial charge in [-0.15, -0.1) is 0 Å². The summed E-state index contributed by atoms with van der Waals surface area (Å²) in [5, 5.41) is 20.7. The monoisotopic (exact) mass is 1620 g/mol. The number of carbonyl (C=O) groups excluding carboxylic acids is 3. The highest BCUT2D eigenvalue weighted by Crippen LogP contribution is 2.45. The Morgan fingerprint density at radius 3 is 0.761 bits per heavy atom. The smallest absolute Gasteiger partial charge is 0.463 e. The maximum atomic E-state index is 13.0. The number of aliphatic hydroxyl groups excluding tert-OH is 2. The second kappa shape index (κ2) is 86.3. The lowest BCUT2D eigenvalue weighted by atomic mass is 10.0. The fraction of sp³-hybridized carbons (Fsp3) is 0.674. The summed E-state index contributed by atoms with van der Waals surface area (Å²) < 4.78 is 61.3. The van der Waals surface area contributed by atoms with Gasteiger partial charge in [0.05, 0.1) is 26.4 Å². The number of allylic oxidation sites excluding steroid dienone is 28. The molecule has 5 unspecified atom stereocenters. The molecular weight excluding hydrogens is 1460 g/mol. The van der Waals surface area contributed by atoms with Crippen molar-refractivity contribution in [2.75, 3.05) is 39.6 Å². The summed E-state index contributed by atoms with van der Waals surface area (Å²) in [4.78, 5) is 58.8. The summed E-state index contributed by atoms with van der Waals surface area (Å²) in [6.07, 6.45) is 111. The second-order valence-electron chi connectivity index (χ2n) is 29.3. The van der Waals surface area contributed by atoms with Crippen LogP contribution in [0.2, 0.25) is 0 Å². The molecule has 16 nitrogen and oxygen atoms in total. The molecule has 0 heterocycles. The number of esters is 3. The molecule has 18 heteroatoms. The third-order valence-corrected chi connectivity index (χ3v) is 20.3. The van der Waals surface area contributed by atoms with E-state index < -0.39 is 91.5 Å². The van der Waals surface area contributed by atoms with Crippen molar-refractivity contribution in [3.63, 3.8) is 0 Å². The first kappa shape index (κ1) is 108. The highest BCUT2D eigenvalue weighted by atomic mass is 31.2. The van der Waals surface area contributed by atoms with E-state index in [1.807, 2.05) is 0 Å². The largest absolute Gasteiger partial charge is 0.472 e. The maximum absolute atomic E-state index is 13.0. The number of hydrogen-bond donors (Lipinski definition) is 4. The molecule has 0 aliphatic carbocycles. The van der Waals surface area contributed by atoms with Gasteiger partial charge in [0, 0.05) is 19.3 Å². The molecule has 0 rings (SSSR count). The number of hydrogen-bond acceptors (Lipinski definition) is 14. The number of phosphoric ester groups is 2. The van der Waals surface area contributed by atoms with Gasteiger partial charge in [-0.25, -0.2) is 9.13 Å². The molecule has 0 bridgehead atoms. The Balaban J connectivity index is 4.55. The van der Waals surface area contributed by atoms with E-state index in [4.69, 9.17) is 32.3 Å². The first-order valence-corrected chi connectivity index (χ1v) is 47.4. The molecule has 5 atom stereocenters. The molecule has 646 valence electrons. The highest BCUT2D eigenvalue weighted by Gasteiger charge is 2.29. The first-order chi connectivity index (χ1) is 55.2. The van der Waals surface area contributed by atoms with Gasteiger partial charge in [0.1, 0.15) is 25.4 Å². The predicted octanol–water partition coefficient (Wildman–Crippen LogP) is 27.1. The van der Waals surface area contributed by atoms with Crippen LogP contribution in [0.5, 0.6) is 0 Å². The van der Waals surface area contributed by atoms with Gasteiger partial charge in [-0.2, -0.15) is 0 Å². The van der Waals surface area contributed by atoms with E-state index >= 15 is 0 Å². The zero-order valence-electron chi connectivity index (χ0n) is 71.0. The fourth-order valence-corrected chi connectivity index (χ4v) is 13.2. The number of phosphoric acid groups is 2. The van der Waals surface area contributed by atoms with Crippen LogP contribution in [-0.4, -0.2) is 95.9 Å². The van der Waals surface area contributed by atoms with Crippen molar-refractivity contribution in [3.8, 4) is 0 Å². The molecule has 0 saturated heterocycles. The van der Waals surface area contributed by atoms with Crippen LogP contribution in [0.1, 0.15) is 355 Å². The van der Waals surface area contributed by atoms with Gasteiger partial charge < -0.3 is 34.2 Å². The van der Waals surface area contributed by atoms with Gasteiger partial charge in [0.25, 0.3) is 0 Å². The van der Waals surface area contributed by atoms with Crippen LogP contribution in [-0.2, 0) is 55.8 Å². The Morgan fingerprint density at radius 2 is 0.469 bits per heavy atom. The van der Waals surface area contributed by atoms with Gasteiger partial charge >= 0.3 is 33.6 Å². The Bertz CT molecular complexity index is 2730. The van der Waals surface area contributed by atoms with Crippen molar-refractivity contribution in [2.45, 2.75) is 373 Å². The van der Waals surface area contributed by atoms with Crippen LogP contribution >= 0.6 is 15.6 Å². The number of rotatable bonds is 83. The third kappa shape index (κ3) is 87.6. The number of unbranched alkanes of at least 4 members (excludes halogenated alkanes) is 32. The quantitative estimate of drug-likeness (QED) is 0.0146. The first-order valence-electron chi connectivity index (χ1n) is 44.4. The van der Waals surface area contributed by atoms with Gasteiger partial charge in [-0.1, -0.05) is 345 Å². The van der Waals surface area contributed by atoms with E-state index in [9.17, 15) is 43.5 Å². The lowest BCUT2D eigenvalue weighted by Crippen LogP contribution is -2.30. The van der Waals surface area contributed by atoms with Gasteiger partial charge in [0.2, 0.25) is 0 Å². The molecule has 0 aromatic carbocycles. The Labute approximate surface area is 688 Å². The topological polar surface area (TPSA) is 231 Å². The molecule has 0 spiro atoms. The van der Waals surface area contributed by atoms with E-state index in [1.165, 1.54) is 148 Å². The second-order valence-corrected chi connectivity index (χ2v) is 32.2. The summed E-state index contributed by atoms with van der Waals surface area (Å²) in [5.74, 6) is -1.65. The molecule has 0 fully saturated rings. The van der Waals surface area contributed by atoms with Crippen LogP contribution < -0.4 is 0 Å². The minimum atomic E-state index is -4.96. The van der Waals surface area contributed by atoms with Crippen LogP contribution in [0.15, 0.2) is 170 Å². The molecule has 0 aromatic rings. The average Bonchev–Trinajstić information content (AvgIpc) is 0.902. The Kier molecular flexibility index (Phi) is 82.4. The van der Waals surface area contributed by atoms with E-state index in [1.54, 1.807) is 0 Å². The van der Waals surface area contributed by atoms with Crippen LogP contribution in [0.25, 0.3) is 0 Å². The summed E-state index contributed by atoms with van der Waals surface area (Å²) in [7, 11) is -9.83. The van der Waals surface area contributed by atoms with Crippen molar-refractivity contribution in [2.24, 2.45) is 0 Å². The normalized spacial score (nSPS) is 14.6. The Hall–Kier alpha value is -5.09. The van der Waals surface area contributed by atoms with E-state index in [-0.39, 0.29) is 19.3 Å². The molecular formula is C95H160O16P2. The summed E-state index contributed by atoms with van der Waals surface area (Å²) in [5.41, 5.74) is 0. The minimum Gasteiger partial charge on any atom is -0.463 e. The molecule has 0 aromatic heterocycles. The van der Waals surface area contributed by atoms with Crippen molar-refractivity contribution < 1.29 is 75.8 Å². The van der Waals surface area contributed by atoms with Gasteiger partial charge in [0.15, 0.2) is 6.10 Å². The summed E-state index contributed by atoms with van der Waals surface area (Å²) in [6, 6.07) is 0. The molecule has 0 radical (unpaired) electrons. The fourth-order valence-electron chi connectivity index (χ4n) is 11.7. The van der Waals surface area contributed by atoms with Crippen LogP contribution in [0.4, 0.5) is 0 Å². The van der Waals surface area contributed by atoms with Gasteiger partial charge in [-0.05, 0) is 161 Å². The summed E-state index contributed by atoms with van der Waals surface area (Å²) in [6.45, 7) is 2.46. The third-order valence-electron chi connectivity index (χ3n) is 18.4. The van der Waals surface area contributed by atoms with E-state index in [0.717, 1.165) is 148 Å². The van der Waals surface area contributed by atoms with Crippen LogP contribution in [0, 0.1) is 0 Å². The predicted molar refractivity (Wildman–Crippen MR) is 472 cm³/mol. The van der Waals surface area contributed by atoms with Crippen molar-refractivity contribution in [3.05, 3.63) is 170 Å². The molecule has 0 amide bonds. The maximum Gasteiger partial charge on any atom is 0.472 e. The number of carbonyl (C=O) groups is 3. The molecule has 113 heavy (non-hydrogen) atoms. The van der Waals surface area contributed by atoms with Gasteiger partial charge in [-0.3, -0.25) is 32.5 Å². The SMILES string of the molecule is CC/C=C\C/C=C\C/C=C\C/C=C\C/C=C\C/C=C\CCCCC(=O)OCC(COP(=O)(O)OCC(O)COP(=O)(O)OCC(O)COC(=O)CCCCCCCCCCCCCCCCCCCCC/C=C\C/C=C\C/C=C\C/C=C\CCCCC)OC(=O)CCCCCCC/C=C\C/C=C\C/C=C\C/C=C\CCCCC. The lowest BCUT2D eigenvalue weighted by molar-refractivity contribution is -0.161. The van der Waals surface area contributed by atoms with Crippen molar-refractivity contribution >= 4 is 33.6 Å². The highest BCUT2D eigenvalue weighted by molar-refractivity contribution is 7.47. The van der Waals surface area contributed by atoms with E-state index in [0.29, 0.717) is 19.3 Å². The standard InChI is InChI=1S/C95H160O16P2/c1-4-7-10-13-16-19-22-25-28-31-34-37-38-39-40-41-42-43-44-45-46-47-48-49-50-53-55-57-60-63-66-69-72-75-78-81-93(98)105-84-90(96)85-107-112(101,102)108-86-91(97)87-109-113(103,104)110-89-92(111-95(100)83-80-77-74-71-68-65-62-59-56-52-36-33-30-27-24-21-18-15-12-9-6-3)88-106-94(99)82-79-76-73-70-67-64-61-58-54-51-35-32-29-26-23-20-17-14-11-8-5-2/h8,11,16-21,25-30,34-37,39-40,51-52,58-59,61-62,67,70,90-92,96-97H,4-7,9-10,12-15,22-24,31-33,38,41-50,53-57,60,63-66,68-69,71-89H2,1-3H3,(H,101,102)(H,103,104)/b11-8-,19-16-,20-17-,21-18-,28-25-,29-26-,30-27-,37-34-,40-39-,51-35-,52-36-,61-58-,62-59-,70-67-. The molecule has 0 aliphatic rings. The molecule has 0 aliphatic heterocycles. The number of aliphatic hydroxyl groups is 2. The lowest BCUT2D eigenvalue weighted by Gasteiger charge is -2.21. The zero-order chi connectivity index (χ0) is 82.2. The van der Waals surface area contributed by atoms with Crippen LogP contribution in [0.3, 0.4) is 0 Å². The van der Waals surface area contributed by atoms with Crippen molar-refractivity contribution in [1.82, 2.24) is 0 Å². The average molecular weight is 1620 g/mol.